The predicted molar refractivity (Wildman–Crippen MR) is 86.5 cm³/mol. The summed E-state index contributed by atoms with van der Waals surface area (Å²) in [5.74, 6) is 0.0359. The lowest BCUT2D eigenvalue weighted by atomic mass is 9.83. The van der Waals surface area contributed by atoms with Crippen molar-refractivity contribution in [1.82, 2.24) is 4.90 Å². The number of piperidine rings is 1. The number of ketones is 1. The van der Waals surface area contributed by atoms with E-state index in [1.165, 1.54) is 7.11 Å². The number of benzene rings is 1. The number of hydrogen-bond acceptors (Lipinski definition) is 5. The Labute approximate surface area is 141 Å². The van der Waals surface area contributed by atoms with Crippen LogP contribution in [0.25, 0.3) is 0 Å². The Hall–Kier alpha value is -1.92. The smallest absolute Gasteiger partial charge is 0.410 e. The van der Waals surface area contributed by atoms with Gasteiger partial charge in [0.15, 0.2) is 5.78 Å². The molecule has 1 amide bonds. The first-order valence-electron chi connectivity index (χ1n) is 8.27. The van der Waals surface area contributed by atoms with Gasteiger partial charge in [0.05, 0.1) is 25.3 Å². The number of rotatable bonds is 5. The van der Waals surface area contributed by atoms with Crippen LogP contribution in [0.4, 0.5) is 4.79 Å². The van der Waals surface area contributed by atoms with Gasteiger partial charge in [-0.05, 0) is 18.4 Å². The van der Waals surface area contributed by atoms with E-state index in [9.17, 15) is 9.59 Å². The molecule has 2 aliphatic rings. The molecule has 0 aromatic heterocycles. The topological polar surface area (TPSA) is 65.1 Å². The number of nitrogens with zero attached hydrogens (tertiary/aromatic N) is 1. The predicted octanol–water partition coefficient (Wildman–Crippen LogP) is 2.02. The molecule has 0 N–H and O–H groups in total. The summed E-state index contributed by atoms with van der Waals surface area (Å²) in [6.45, 7) is 1.29. The van der Waals surface area contributed by atoms with Crippen molar-refractivity contribution in [1.29, 1.82) is 0 Å². The Morgan fingerprint density at radius 1 is 1.17 bits per heavy atom. The Morgan fingerprint density at radius 2 is 1.83 bits per heavy atom. The van der Waals surface area contributed by atoms with Crippen LogP contribution in [0.2, 0.25) is 0 Å². The second-order valence-electron chi connectivity index (χ2n) is 6.36. The fourth-order valence-electron chi connectivity index (χ4n) is 3.53. The van der Waals surface area contributed by atoms with Crippen LogP contribution >= 0.6 is 0 Å². The summed E-state index contributed by atoms with van der Waals surface area (Å²) >= 11 is 0. The van der Waals surface area contributed by atoms with Gasteiger partial charge in [0.1, 0.15) is 13.2 Å². The van der Waals surface area contributed by atoms with E-state index in [2.05, 4.69) is 0 Å². The molecule has 2 fully saturated rings. The van der Waals surface area contributed by atoms with Gasteiger partial charge in [-0.3, -0.25) is 9.69 Å². The van der Waals surface area contributed by atoms with Crippen molar-refractivity contribution >= 4 is 11.9 Å². The van der Waals surface area contributed by atoms with E-state index in [-0.39, 0.29) is 43.1 Å². The highest BCUT2D eigenvalue weighted by Gasteiger charge is 2.44. The molecule has 2 heterocycles. The van der Waals surface area contributed by atoms with Crippen LogP contribution in [0, 0.1) is 5.92 Å². The summed E-state index contributed by atoms with van der Waals surface area (Å²) in [5, 5.41) is 0. The van der Waals surface area contributed by atoms with Crippen molar-refractivity contribution in [2.75, 3.05) is 26.9 Å². The van der Waals surface area contributed by atoms with Crippen LogP contribution in [0.3, 0.4) is 0 Å². The van der Waals surface area contributed by atoms with Crippen molar-refractivity contribution in [3.63, 3.8) is 0 Å². The minimum Gasteiger partial charge on any atom is -0.445 e. The van der Waals surface area contributed by atoms with Gasteiger partial charge >= 0.3 is 6.09 Å². The fraction of sp³-hybridized carbons (Fsp3) is 0.556. The molecule has 2 atom stereocenters. The standard InChI is InChI=1S/C18H23NO5/c1-22-12-17(20)14-7-15-10-23-11-16(8-14)19(15)18(21)24-9-13-5-3-2-4-6-13/h2-6,14-16H,7-12H2,1H3. The third-order valence-electron chi connectivity index (χ3n) is 4.68. The molecule has 0 radical (unpaired) electrons. The number of fused-ring (bicyclic) bond motifs is 2. The zero-order chi connectivity index (χ0) is 16.9. The van der Waals surface area contributed by atoms with Gasteiger partial charge in [-0.15, -0.1) is 0 Å². The Bertz CT molecular complexity index is 562. The molecular formula is C18H23NO5. The number of morpholine rings is 1. The first kappa shape index (κ1) is 16.9. The fourth-order valence-corrected chi connectivity index (χ4v) is 3.53. The summed E-state index contributed by atoms with van der Waals surface area (Å²) in [5.41, 5.74) is 0.956. The van der Waals surface area contributed by atoms with Gasteiger partial charge in [-0.2, -0.15) is 0 Å². The number of Topliss-reactive ketones (excluding diaryl/α,β-unsaturated/α-hetero) is 1. The molecular weight excluding hydrogens is 310 g/mol. The molecule has 2 unspecified atom stereocenters. The number of ether oxygens (including phenoxy) is 3. The maximum atomic E-state index is 12.5. The van der Waals surface area contributed by atoms with Crippen LogP contribution in [0.5, 0.6) is 0 Å². The van der Waals surface area contributed by atoms with E-state index < -0.39 is 0 Å². The van der Waals surface area contributed by atoms with Crippen LogP contribution in [-0.2, 0) is 25.6 Å². The van der Waals surface area contributed by atoms with E-state index in [0.29, 0.717) is 26.1 Å². The van der Waals surface area contributed by atoms with Crippen molar-refractivity contribution in [2.24, 2.45) is 5.92 Å². The van der Waals surface area contributed by atoms with Crippen LogP contribution < -0.4 is 0 Å². The van der Waals surface area contributed by atoms with Gasteiger partial charge in [0, 0.05) is 13.0 Å². The van der Waals surface area contributed by atoms with E-state index >= 15 is 0 Å². The first-order valence-corrected chi connectivity index (χ1v) is 8.27. The molecule has 1 aromatic rings. The van der Waals surface area contributed by atoms with E-state index in [0.717, 1.165) is 5.56 Å². The molecule has 2 bridgehead atoms. The van der Waals surface area contributed by atoms with Crippen molar-refractivity contribution < 1.29 is 23.8 Å². The maximum absolute atomic E-state index is 12.5. The highest BCUT2D eigenvalue weighted by atomic mass is 16.6. The number of methoxy groups -OCH3 is 1. The van der Waals surface area contributed by atoms with Crippen molar-refractivity contribution in [3.8, 4) is 0 Å². The molecule has 130 valence electrons. The van der Waals surface area contributed by atoms with E-state index in [1.54, 1.807) is 4.90 Å². The monoisotopic (exact) mass is 333 g/mol. The quantitative estimate of drug-likeness (QED) is 0.825. The SMILES string of the molecule is COCC(=O)C1CC2COCC(C1)N2C(=O)OCc1ccccc1. The molecule has 2 saturated heterocycles. The number of carbonyl (C=O) groups is 2. The third kappa shape index (κ3) is 3.76. The highest BCUT2D eigenvalue weighted by Crippen LogP contribution is 2.32. The Balaban J connectivity index is 1.61. The molecule has 2 aliphatic heterocycles. The molecule has 0 spiro atoms. The third-order valence-corrected chi connectivity index (χ3v) is 4.68. The van der Waals surface area contributed by atoms with Gasteiger partial charge in [0.2, 0.25) is 0 Å². The maximum Gasteiger partial charge on any atom is 0.410 e. The lowest BCUT2D eigenvalue weighted by molar-refractivity contribution is -0.134. The number of carbonyl (C=O) groups excluding carboxylic acids is 2. The number of hydrogen-bond donors (Lipinski definition) is 0. The zero-order valence-corrected chi connectivity index (χ0v) is 13.8. The van der Waals surface area contributed by atoms with Crippen LogP contribution in [-0.4, -0.2) is 55.8 Å². The van der Waals surface area contributed by atoms with Crippen molar-refractivity contribution in [2.45, 2.75) is 31.5 Å². The van der Waals surface area contributed by atoms with Crippen molar-refractivity contribution in [3.05, 3.63) is 35.9 Å². The Kier molecular flexibility index (Phi) is 5.48. The lowest BCUT2D eigenvalue weighted by Crippen LogP contribution is -2.60. The molecule has 6 nitrogen and oxygen atoms in total. The summed E-state index contributed by atoms with van der Waals surface area (Å²) < 4.78 is 16.0. The minimum atomic E-state index is -0.324. The molecule has 3 rings (SSSR count). The van der Waals surface area contributed by atoms with Gasteiger partial charge in [-0.1, -0.05) is 30.3 Å². The largest absolute Gasteiger partial charge is 0.445 e. The molecule has 24 heavy (non-hydrogen) atoms. The highest BCUT2D eigenvalue weighted by molar-refractivity contribution is 5.82. The molecule has 0 aliphatic carbocycles. The summed E-state index contributed by atoms with van der Waals surface area (Å²) in [7, 11) is 1.53. The second kappa shape index (κ2) is 7.77. The van der Waals surface area contributed by atoms with Gasteiger partial charge < -0.3 is 14.2 Å². The normalized spacial score (nSPS) is 26.0. The first-order chi connectivity index (χ1) is 11.7. The molecule has 6 heteroatoms. The van der Waals surface area contributed by atoms with E-state index in [4.69, 9.17) is 14.2 Å². The lowest BCUT2D eigenvalue weighted by Gasteiger charge is -2.47. The Morgan fingerprint density at radius 3 is 2.46 bits per heavy atom. The summed E-state index contributed by atoms with van der Waals surface area (Å²) in [6.07, 6.45) is 0.896. The van der Waals surface area contributed by atoms with E-state index in [1.807, 2.05) is 30.3 Å². The molecule has 1 aromatic carbocycles. The van der Waals surface area contributed by atoms with Gasteiger partial charge in [-0.25, -0.2) is 4.79 Å². The summed E-state index contributed by atoms with van der Waals surface area (Å²) in [4.78, 5) is 26.4. The average Bonchev–Trinajstić information content (AvgIpc) is 2.59. The average molecular weight is 333 g/mol. The zero-order valence-electron chi connectivity index (χ0n) is 13.8. The summed E-state index contributed by atoms with van der Waals surface area (Å²) in [6, 6.07) is 9.39. The minimum absolute atomic E-state index is 0.0676. The van der Waals surface area contributed by atoms with Crippen LogP contribution in [0.15, 0.2) is 30.3 Å². The number of amides is 1. The van der Waals surface area contributed by atoms with Gasteiger partial charge in [0.25, 0.3) is 0 Å². The second-order valence-corrected chi connectivity index (χ2v) is 6.36. The van der Waals surface area contributed by atoms with Crippen LogP contribution in [0.1, 0.15) is 18.4 Å². The molecule has 0 saturated carbocycles.